The molecule has 0 atom stereocenters. The normalized spacial score (nSPS) is 10.7. The Morgan fingerprint density at radius 3 is 2.62 bits per heavy atom. The fraction of sp³-hybridized carbons (Fsp3) is 0. The fourth-order valence-electron chi connectivity index (χ4n) is 0.800. The highest BCUT2D eigenvalue weighted by atomic mass is 127. The number of halogens is 3. The van der Waals surface area contributed by atoms with Crippen molar-refractivity contribution < 1.29 is 4.42 Å². The highest BCUT2D eigenvalue weighted by Gasteiger charge is 2.13. The lowest BCUT2D eigenvalue weighted by Gasteiger charge is -1.87. The van der Waals surface area contributed by atoms with Gasteiger partial charge in [-0.1, -0.05) is 0 Å². The van der Waals surface area contributed by atoms with Gasteiger partial charge in [0.1, 0.15) is 0 Å². The first-order valence-corrected chi connectivity index (χ1v) is 6.59. The highest BCUT2D eigenvalue weighted by molar-refractivity contribution is 14.1. The minimum Gasteiger partial charge on any atom is -0.412 e. The van der Waals surface area contributed by atoms with Crippen LogP contribution in [0.4, 0.5) is 0 Å². The lowest BCUT2D eigenvalue weighted by molar-refractivity contribution is 0.537. The molecule has 0 spiro atoms. The van der Waals surface area contributed by atoms with Crippen LogP contribution in [-0.2, 0) is 0 Å². The number of rotatable bonds is 1. The summed E-state index contributed by atoms with van der Waals surface area (Å²) in [5.74, 6) is 0.540. The van der Waals surface area contributed by atoms with Gasteiger partial charge in [-0.2, -0.15) is 0 Å². The summed E-state index contributed by atoms with van der Waals surface area (Å²) < 4.78 is 7.84. The van der Waals surface area contributed by atoms with Crippen LogP contribution in [-0.4, -0.2) is 10.2 Å². The molecule has 3 nitrogen and oxygen atoms in total. The maximum atomic E-state index is 5.28. The second kappa shape index (κ2) is 3.95. The minimum atomic E-state index is 0.540. The molecule has 0 saturated heterocycles. The van der Waals surface area contributed by atoms with Crippen molar-refractivity contribution in [1.82, 2.24) is 10.2 Å². The summed E-state index contributed by atoms with van der Waals surface area (Å²) in [5, 5.41) is 7.67. The van der Waals surface area contributed by atoms with Crippen LogP contribution in [0.2, 0.25) is 0 Å². The lowest BCUT2D eigenvalue weighted by Crippen LogP contribution is -1.73. The van der Waals surface area contributed by atoms with E-state index in [0.717, 1.165) is 13.1 Å². The predicted molar refractivity (Wildman–Crippen MR) is 65.7 cm³/mol. The summed E-state index contributed by atoms with van der Waals surface area (Å²) >= 11 is 10.4. The molecule has 0 amide bonds. The van der Waals surface area contributed by atoms with Crippen LogP contribution < -0.4 is 0 Å². The molecule has 0 aromatic carbocycles. The Bertz CT molecular complexity index is 442. The van der Waals surface area contributed by atoms with E-state index in [1.54, 1.807) is 11.3 Å². The van der Waals surface area contributed by atoms with Crippen molar-refractivity contribution in [1.29, 1.82) is 0 Å². The van der Waals surface area contributed by atoms with Crippen molar-refractivity contribution in [3.05, 3.63) is 17.5 Å². The Morgan fingerprint density at radius 2 is 2.15 bits per heavy atom. The van der Waals surface area contributed by atoms with Crippen LogP contribution in [0.15, 0.2) is 18.1 Å². The molecular weight excluding hydrogens is 435 g/mol. The van der Waals surface area contributed by atoms with E-state index in [0.29, 0.717) is 9.79 Å². The van der Waals surface area contributed by atoms with Gasteiger partial charge in [-0.15, -0.1) is 21.5 Å². The Hall–Kier alpha value is 0.530. The SMILES string of the molecule is Brc1cc(-c2nnc(I)o2)c(Br)s1. The Balaban J connectivity index is 2.51. The standard InChI is InChI=1S/C6HBr2IN2OS/c7-3-1-2(4(8)13-3)5-10-11-6(9)12-5/h1H. The summed E-state index contributed by atoms with van der Waals surface area (Å²) in [5.41, 5.74) is 0.923. The molecule has 0 aliphatic heterocycles. The molecule has 2 aromatic rings. The number of nitrogens with zero attached hydrogens (tertiary/aromatic N) is 2. The molecule has 0 fully saturated rings. The zero-order valence-corrected chi connectivity index (χ0v) is 12.1. The fourth-order valence-corrected chi connectivity index (χ4v) is 3.89. The van der Waals surface area contributed by atoms with Crippen LogP contribution in [0.1, 0.15) is 0 Å². The molecule has 0 aliphatic carbocycles. The summed E-state index contributed by atoms with van der Waals surface area (Å²) in [6, 6.07) is 1.94. The Kier molecular flexibility index (Phi) is 3.06. The maximum Gasteiger partial charge on any atom is 0.278 e. The summed E-state index contributed by atoms with van der Waals surface area (Å²) in [6.07, 6.45) is 0. The second-order valence-electron chi connectivity index (χ2n) is 2.10. The molecule has 13 heavy (non-hydrogen) atoms. The largest absolute Gasteiger partial charge is 0.412 e. The van der Waals surface area contributed by atoms with Crippen molar-refractivity contribution >= 4 is 65.8 Å². The van der Waals surface area contributed by atoms with Crippen LogP contribution >= 0.6 is 65.8 Å². The van der Waals surface area contributed by atoms with Crippen LogP contribution in [0.25, 0.3) is 11.5 Å². The van der Waals surface area contributed by atoms with Gasteiger partial charge >= 0.3 is 0 Å². The van der Waals surface area contributed by atoms with Gasteiger partial charge in [0.2, 0.25) is 0 Å². The van der Waals surface area contributed by atoms with E-state index >= 15 is 0 Å². The molecule has 0 radical (unpaired) electrons. The molecule has 0 bridgehead atoms. The molecule has 2 aromatic heterocycles. The van der Waals surface area contributed by atoms with Crippen LogP contribution in [0.5, 0.6) is 0 Å². The number of hydrogen-bond donors (Lipinski definition) is 0. The van der Waals surface area contributed by atoms with E-state index in [1.165, 1.54) is 0 Å². The average Bonchev–Trinajstić information content (AvgIpc) is 2.58. The van der Waals surface area contributed by atoms with Crippen molar-refractivity contribution in [3.63, 3.8) is 0 Å². The van der Waals surface area contributed by atoms with E-state index in [9.17, 15) is 0 Å². The lowest BCUT2D eigenvalue weighted by atomic mass is 10.3. The highest BCUT2D eigenvalue weighted by Crippen LogP contribution is 2.37. The third kappa shape index (κ3) is 2.13. The number of hydrogen-bond acceptors (Lipinski definition) is 4. The first-order chi connectivity index (χ1) is 6.16. The molecule has 0 saturated carbocycles. The molecular formula is C6HBr2IN2OS. The summed E-state index contributed by atoms with van der Waals surface area (Å²) in [7, 11) is 0. The van der Waals surface area contributed by atoms with Crippen molar-refractivity contribution in [3.8, 4) is 11.5 Å². The van der Waals surface area contributed by atoms with Gasteiger partial charge in [-0.25, -0.2) is 0 Å². The minimum absolute atomic E-state index is 0.540. The van der Waals surface area contributed by atoms with E-state index in [2.05, 4.69) is 42.1 Å². The van der Waals surface area contributed by atoms with Gasteiger partial charge in [0.05, 0.1) is 13.1 Å². The van der Waals surface area contributed by atoms with Gasteiger partial charge < -0.3 is 4.42 Å². The molecule has 0 unspecified atom stereocenters. The zero-order valence-electron chi connectivity index (χ0n) is 5.92. The van der Waals surface area contributed by atoms with Gasteiger partial charge in [-0.05, 0) is 37.9 Å². The third-order valence-electron chi connectivity index (χ3n) is 1.29. The number of thiophene rings is 1. The molecule has 2 heterocycles. The number of aromatic nitrogens is 2. The second-order valence-corrected chi connectivity index (χ2v) is 6.77. The zero-order chi connectivity index (χ0) is 9.42. The van der Waals surface area contributed by atoms with Crippen LogP contribution in [0, 0.1) is 3.90 Å². The smallest absolute Gasteiger partial charge is 0.278 e. The predicted octanol–water partition coefficient (Wildman–Crippen LogP) is 3.93. The molecule has 7 heteroatoms. The molecule has 2 rings (SSSR count). The van der Waals surface area contributed by atoms with Gasteiger partial charge in [0.15, 0.2) is 0 Å². The van der Waals surface area contributed by atoms with E-state index < -0.39 is 0 Å². The van der Waals surface area contributed by atoms with E-state index in [4.69, 9.17) is 4.42 Å². The maximum absolute atomic E-state index is 5.28. The van der Waals surface area contributed by atoms with Gasteiger partial charge in [0, 0.05) is 22.6 Å². The van der Waals surface area contributed by atoms with Crippen LogP contribution in [0.3, 0.4) is 0 Å². The average molecular weight is 436 g/mol. The van der Waals surface area contributed by atoms with Crippen molar-refractivity contribution in [2.45, 2.75) is 0 Å². The molecule has 68 valence electrons. The first-order valence-electron chi connectivity index (χ1n) is 3.11. The first kappa shape index (κ1) is 10.1. The van der Waals surface area contributed by atoms with Crippen molar-refractivity contribution in [2.24, 2.45) is 0 Å². The summed E-state index contributed by atoms with van der Waals surface area (Å²) in [4.78, 5) is 0. The Morgan fingerprint density at radius 1 is 1.38 bits per heavy atom. The quantitative estimate of drug-likeness (QED) is 0.637. The van der Waals surface area contributed by atoms with Crippen molar-refractivity contribution in [2.75, 3.05) is 0 Å². The van der Waals surface area contributed by atoms with Gasteiger partial charge in [0.25, 0.3) is 9.79 Å². The molecule has 0 aliphatic rings. The summed E-state index contributed by atoms with van der Waals surface area (Å²) in [6.45, 7) is 0. The van der Waals surface area contributed by atoms with Gasteiger partial charge in [-0.3, -0.25) is 0 Å². The Labute approximate surface area is 108 Å². The monoisotopic (exact) mass is 434 g/mol. The van der Waals surface area contributed by atoms with E-state index in [-0.39, 0.29) is 0 Å². The topological polar surface area (TPSA) is 38.9 Å². The third-order valence-corrected chi connectivity index (χ3v) is 4.06. The molecule has 0 N–H and O–H groups in total. The van der Waals surface area contributed by atoms with E-state index in [1.807, 2.05) is 28.7 Å².